The van der Waals surface area contributed by atoms with E-state index in [0.717, 1.165) is 12.1 Å². The lowest BCUT2D eigenvalue weighted by Gasteiger charge is -2.24. The molecule has 1 unspecified atom stereocenters. The Labute approximate surface area is 140 Å². The van der Waals surface area contributed by atoms with Crippen LogP contribution in [0.3, 0.4) is 0 Å². The van der Waals surface area contributed by atoms with Crippen molar-refractivity contribution in [2.45, 2.75) is 31.4 Å². The summed E-state index contributed by atoms with van der Waals surface area (Å²) in [6.07, 6.45) is 0.965. The van der Waals surface area contributed by atoms with Crippen LogP contribution in [0.1, 0.15) is 27.6 Å². The van der Waals surface area contributed by atoms with Gasteiger partial charge in [0.15, 0.2) is 0 Å². The van der Waals surface area contributed by atoms with Crippen LogP contribution < -0.4 is 4.72 Å². The first-order chi connectivity index (χ1) is 11.3. The molecule has 1 aliphatic rings. The average Bonchev–Trinajstić information content (AvgIpc) is 2.50. The van der Waals surface area contributed by atoms with Crippen molar-refractivity contribution in [2.24, 2.45) is 0 Å². The molecule has 1 aromatic carbocycles. The number of sulfonamides is 1. The van der Waals surface area contributed by atoms with Crippen LogP contribution in [-0.2, 0) is 19.6 Å². The van der Waals surface area contributed by atoms with Gasteiger partial charge in [0.1, 0.15) is 11.1 Å². The Morgan fingerprint density at radius 1 is 1.57 bits per heavy atom. The lowest BCUT2D eigenvalue weighted by molar-refractivity contribution is -0.138. The number of benzene rings is 1. The fraction of sp³-hybridized carbons (Fsp3) is 0.400. The Hall–Kier alpha value is -1.60. The number of nitrogens with one attached hydrogen (secondary N) is 1. The number of halogens is 2. The molecule has 0 fully saturated rings. The van der Waals surface area contributed by atoms with E-state index >= 15 is 0 Å². The standard InChI is InChI=1S/C15H17ClFNO4S/c1-2-22-15(19)11-5-3-4-6-14(11)23(20,21)18-13-8-7-10(17)9-12(13)16/h5,7-9,14,18H,2-4,6H2,1H3/i5D. The molecule has 0 saturated heterocycles. The molecule has 1 aliphatic carbocycles. The monoisotopic (exact) mass is 362 g/mol. The molecule has 0 saturated carbocycles. The predicted octanol–water partition coefficient (Wildman–Crippen LogP) is 3.26. The van der Waals surface area contributed by atoms with Gasteiger partial charge in [0.2, 0.25) is 10.0 Å². The average molecular weight is 363 g/mol. The largest absolute Gasteiger partial charge is 0.463 e. The maximum atomic E-state index is 13.1. The van der Waals surface area contributed by atoms with Crippen LogP contribution >= 0.6 is 11.6 Å². The Balaban J connectivity index is 2.36. The SMILES string of the molecule is [2H]C1=C(C(=O)OCC)C(S(=O)(=O)Nc2ccc(F)cc2Cl)CCC1. The minimum atomic E-state index is -4.05. The number of hydrogen-bond donors (Lipinski definition) is 1. The van der Waals surface area contributed by atoms with E-state index in [1.807, 2.05) is 0 Å². The van der Waals surface area contributed by atoms with Crippen LogP contribution in [-0.4, -0.2) is 26.2 Å². The third kappa shape index (κ3) is 4.23. The van der Waals surface area contributed by atoms with Gasteiger partial charge in [-0.05, 0) is 44.4 Å². The Morgan fingerprint density at radius 3 is 2.96 bits per heavy atom. The Bertz CT molecular complexity index is 782. The highest BCUT2D eigenvalue weighted by Crippen LogP contribution is 2.30. The van der Waals surface area contributed by atoms with Gasteiger partial charge in [0.25, 0.3) is 0 Å². The summed E-state index contributed by atoms with van der Waals surface area (Å²) >= 11 is 5.84. The van der Waals surface area contributed by atoms with Crippen molar-refractivity contribution in [3.8, 4) is 0 Å². The van der Waals surface area contributed by atoms with E-state index < -0.39 is 27.1 Å². The molecule has 5 nitrogen and oxygen atoms in total. The maximum absolute atomic E-state index is 13.1. The third-order valence-electron chi connectivity index (χ3n) is 3.33. The molecule has 0 bridgehead atoms. The Morgan fingerprint density at radius 2 is 2.30 bits per heavy atom. The molecule has 1 aromatic rings. The molecular weight excluding hydrogens is 345 g/mol. The zero-order chi connectivity index (χ0) is 17.9. The van der Waals surface area contributed by atoms with Crippen LogP contribution in [0, 0.1) is 5.82 Å². The van der Waals surface area contributed by atoms with E-state index in [2.05, 4.69) is 4.72 Å². The van der Waals surface area contributed by atoms with E-state index in [1.165, 1.54) is 6.07 Å². The van der Waals surface area contributed by atoms with E-state index in [0.29, 0.717) is 12.8 Å². The molecule has 0 spiro atoms. The van der Waals surface area contributed by atoms with Gasteiger partial charge in [0.05, 0.1) is 24.3 Å². The number of rotatable bonds is 5. The summed E-state index contributed by atoms with van der Waals surface area (Å²) in [5.41, 5.74) is -0.146. The van der Waals surface area contributed by atoms with Gasteiger partial charge in [-0.3, -0.25) is 4.72 Å². The third-order valence-corrected chi connectivity index (χ3v) is 5.37. The Kier molecular flexibility index (Phi) is 5.17. The van der Waals surface area contributed by atoms with Crippen LogP contribution in [0.15, 0.2) is 29.8 Å². The highest BCUT2D eigenvalue weighted by Gasteiger charge is 2.35. The summed E-state index contributed by atoms with van der Waals surface area (Å²) < 4.78 is 53.5. The summed E-state index contributed by atoms with van der Waals surface area (Å²) in [5, 5.41) is -1.30. The fourth-order valence-electron chi connectivity index (χ4n) is 2.29. The van der Waals surface area contributed by atoms with Crippen LogP contribution in [0.4, 0.5) is 10.1 Å². The van der Waals surface area contributed by atoms with Crippen LogP contribution in [0.25, 0.3) is 0 Å². The first kappa shape index (κ1) is 16.3. The van der Waals surface area contributed by atoms with Gasteiger partial charge in [-0.15, -0.1) is 0 Å². The second-order valence-electron chi connectivity index (χ2n) is 4.96. The molecule has 0 heterocycles. The highest BCUT2D eigenvalue weighted by molar-refractivity contribution is 7.93. The molecule has 1 N–H and O–H groups in total. The van der Waals surface area contributed by atoms with Gasteiger partial charge < -0.3 is 4.74 Å². The van der Waals surface area contributed by atoms with E-state index in [-0.39, 0.29) is 35.4 Å². The molecule has 0 aromatic heterocycles. The molecule has 1 atom stereocenters. The summed E-state index contributed by atoms with van der Waals surface area (Å²) in [7, 11) is -4.05. The van der Waals surface area contributed by atoms with Gasteiger partial charge in [0, 0.05) is 0 Å². The van der Waals surface area contributed by atoms with Crippen LogP contribution in [0.2, 0.25) is 5.02 Å². The first-order valence-electron chi connectivity index (χ1n) is 7.59. The lowest BCUT2D eigenvalue weighted by Crippen LogP contribution is -2.34. The minimum Gasteiger partial charge on any atom is -0.463 e. The molecular formula is C15H17ClFNO4S. The van der Waals surface area contributed by atoms with Gasteiger partial charge in [-0.2, -0.15) is 0 Å². The number of hydrogen-bond acceptors (Lipinski definition) is 4. The quantitative estimate of drug-likeness (QED) is 0.816. The fourth-order valence-corrected chi connectivity index (χ4v) is 4.15. The zero-order valence-corrected chi connectivity index (χ0v) is 14.0. The van der Waals surface area contributed by atoms with Gasteiger partial charge >= 0.3 is 5.97 Å². The number of allylic oxidation sites excluding steroid dienone is 1. The van der Waals surface area contributed by atoms with E-state index in [9.17, 15) is 17.6 Å². The molecule has 126 valence electrons. The number of carbonyl (C=O) groups is 1. The van der Waals surface area contributed by atoms with Crippen molar-refractivity contribution in [2.75, 3.05) is 11.3 Å². The van der Waals surface area contributed by atoms with Gasteiger partial charge in [-0.25, -0.2) is 17.6 Å². The van der Waals surface area contributed by atoms with Crippen molar-refractivity contribution in [3.63, 3.8) is 0 Å². The number of carbonyl (C=O) groups excluding carboxylic acids is 1. The number of anilines is 1. The predicted molar refractivity (Wildman–Crippen MR) is 86.3 cm³/mol. The maximum Gasteiger partial charge on any atom is 0.335 e. The van der Waals surface area contributed by atoms with Crippen molar-refractivity contribution < 1.29 is 23.7 Å². The second kappa shape index (κ2) is 7.31. The lowest BCUT2D eigenvalue weighted by atomic mass is 9.99. The normalized spacial score (nSPS) is 19.3. The molecule has 0 aliphatic heterocycles. The van der Waals surface area contributed by atoms with Crippen LogP contribution in [0.5, 0.6) is 0 Å². The number of ether oxygens (including phenoxy) is 1. The summed E-state index contributed by atoms with van der Waals surface area (Å²) in [6.45, 7) is 1.69. The van der Waals surface area contributed by atoms with E-state index in [4.69, 9.17) is 17.7 Å². The van der Waals surface area contributed by atoms with Crippen molar-refractivity contribution in [1.29, 1.82) is 0 Å². The topological polar surface area (TPSA) is 72.5 Å². The molecule has 0 amide bonds. The molecule has 2 rings (SSSR count). The highest BCUT2D eigenvalue weighted by atomic mass is 35.5. The van der Waals surface area contributed by atoms with Crippen molar-refractivity contribution in [1.82, 2.24) is 0 Å². The minimum absolute atomic E-state index is 0.0124. The number of esters is 1. The molecule has 23 heavy (non-hydrogen) atoms. The first-order valence-corrected chi connectivity index (χ1v) is 9.02. The smallest absolute Gasteiger partial charge is 0.335 e. The summed E-state index contributed by atoms with van der Waals surface area (Å²) in [4.78, 5) is 12.1. The van der Waals surface area contributed by atoms with Gasteiger partial charge in [-0.1, -0.05) is 17.7 Å². The summed E-state index contributed by atoms with van der Waals surface area (Å²) in [5.74, 6) is -1.40. The molecule has 8 heteroatoms. The zero-order valence-electron chi connectivity index (χ0n) is 13.4. The van der Waals surface area contributed by atoms with E-state index in [1.54, 1.807) is 6.92 Å². The summed E-state index contributed by atoms with van der Waals surface area (Å²) in [6, 6.07) is 3.22. The van der Waals surface area contributed by atoms with Crippen molar-refractivity contribution >= 4 is 33.3 Å². The molecule has 0 radical (unpaired) electrons. The second-order valence-corrected chi connectivity index (χ2v) is 7.23. The van der Waals surface area contributed by atoms with Crippen molar-refractivity contribution in [3.05, 3.63) is 40.7 Å².